The number of rotatable bonds is 8. The molecule has 0 spiro atoms. The monoisotopic (exact) mass is 380 g/mol. The number of nitrogens with zero attached hydrogens (tertiary/aromatic N) is 1. The number of carboxylic acids is 1. The minimum Gasteiger partial charge on any atom is -0.494 e. The number of ether oxygens (including phenoxy) is 1. The number of hydrogen-bond donors (Lipinski definition) is 2. The van der Waals surface area contributed by atoms with Crippen LogP contribution in [0.5, 0.6) is 5.75 Å². The number of carbonyl (C=O) groups is 4. The van der Waals surface area contributed by atoms with Crippen molar-refractivity contribution in [1.82, 2.24) is 5.32 Å². The second-order valence-corrected chi connectivity index (χ2v) is 6.85. The third-order valence-electron chi connectivity index (χ3n) is 3.65. The molecule has 0 unspecified atom stereocenters. The topological polar surface area (TPSA) is 113 Å². The van der Waals surface area contributed by atoms with Gasteiger partial charge in [-0.05, 0) is 31.2 Å². The van der Waals surface area contributed by atoms with Crippen LogP contribution < -0.4 is 15.0 Å². The normalized spacial score (nSPS) is 17.9. The Morgan fingerprint density at radius 1 is 1.35 bits per heavy atom. The number of amides is 3. The van der Waals surface area contributed by atoms with Crippen LogP contribution in [-0.2, 0) is 19.2 Å². The quantitative estimate of drug-likeness (QED) is 0.648. The van der Waals surface area contributed by atoms with Crippen LogP contribution in [0.1, 0.15) is 20.3 Å². The predicted octanol–water partition coefficient (Wildman–Crippen LogP) is 1.04. The Kier molecular flexibility index (Phi) is 6.62. The van der Waals surface area contributed by atoms with Crippen molar-refractivity contribution in [3.05, 3.63) is 24.3 Å². The van der Waals surface area contributed by atoms with Gasteiger partial charge in [0.05, 0.1) is 17.5 Å². The molecule has 140 valence electrons. The molecule has 0 radical (unpaired) electrons. The smallest absolute Gasteiger partial charge is 0.327 e. The maximum Gasteiger partial charge on any atom is 0.327 e. The Hall–Kier alpha value is -2.55. The lowest BCUT2D eigenvalue weighted by Gasteiger charge is -2.17. The molecule has 8 nitrogen and oxygen atoms in total. The summed E-state index contributed by atoms with van der Waals surface area (Å²) in [5, 5.41) is 10.7. The van der Waals surface area contributed by atoms with Crippen molar-refractivity contribution in [2.24, 2.45) is 0 Å². The zero-order valence-electron chi connectivity index (χ0n) is 14.4. The molecule has 9 heteroatoms. The minimum atomic E-state index is -1.19. The van der Waals surface area contributed by atoms with Crippen molar-refractivity contribution in [2.45, 2.75) is 31.6 Å². The molecule has 1 heterocycles. The third-order valence-corrected chi connectivity index (χ3v) is 4.95. The van der Waals surface area contributed by atoms with E-state index in [-0.39, 0.29) is 18.1 Å². The van der Waals surface area contributed by atoms with Gasteiger partial charge in [0.15, 0.2) is 0 Å². The number of thioether (sulfide) groups is 1. The first-order chi connectivity index (χ1) is 12.3. The fourth-order valence-corrected chi connectivity index (χ4v) is 3.66. The molecule has 0 aromatic heterocycles. The average molecular weight is 380 g/mol. The van der Waals surface area contributed by atoms with Crippen molar-refractivity contribution in [2.75, 3.05) is 17.3 Å². The van der Waals surface area contributed by atoms with Crippen molar-refractivity contribution in [3.8, 4) is 5.75 Å². The van der Waals surface area contributed by atoms with Gasteiger partial charge in [-0.2, -0.15) is 0 Å². The van der Waals surface area contributed by atoms with Crippen LogP contribution in [0, 0.1) is 0 Å². The molecule has 26 heavy (non-hydrogen) atoms. The van der Waals surface area contributed by atoms with Gasteiger partial charge >= 0.3 is 5.97 Å². The molecule has 1 fully saturated rings. The predicted molar refractivity (Wildman–Crippen MR) is 96.2 cm³/mol. The summed E-state index contributed by atoms with van der Waals surface area (Å²) in [5.74, 6) is -1.76. The summed E-state index contributed by atoms with van der Waals surface area (Å²) in [7, 11) is 0. The average Bonchev–Trinajstić information content (AvgIpc) is 2.86. The Morgan fingerprint density at radius 2 is 2.00 bits per heavy atom. The lowest BCUT2D eigenvalue weighted by atomic mass is 10.3. The highest BCUT2D eigenvalue weighted by molar-refractivity contribution is 8.00. The van der Waals surface area contributed by atoms with Gasteiger partial charge in [-0.25, -0.2) is 9.69 Å². The van der Waals surface area contributed by atoms with E-state index in [1.165, 1.54) is 6.92 Å². The molecule has 0 aliphatic carbocycles. The fourth-order valence-electron chi connectivity index (χ4n) is 2.50. The first-order valence-corrected chi connectivity index (χ1v) is 9.09. The summed E-state index contributed by atoms with van der Waals surface area (Å²) in [5.41, 5.74) is 0.447. The fraction of sp³-hybridized carbons (Fsp3) is 0.412. The molecule has 2 rings (SSSR count). The summed E-state index contributed by atoms with van der Waals surface area (Å²) in [6.45, 7) is 3.59. The second kappa shape index (κ2) is 8.70. The van der Waals surface area contributed by atoms with Crippen molar-refractivity contribution in [1.29, 1.82) is 0 Å². The number of hydrogen-bond acceptors (Lipinski definition) is 6. The Bertz CT molecular complexity index is 706. The van der Waals surface area contributed by atoms with Gasteiger partial charge in [0.2, 0.25) is 17.7 Å². The lowest BCUT2D eigenvalue weighted by molar-refractivity contribution is -0.140. The van der Waals surface area contributed by atoms with Crippen LogP contribution in [0.25, 0.3) is 0 Å². The number of anilines is 1. The lowest BCUT2D eigenvalue weighted by Crippen LogP contribution is -2.42. The summed E-state index contributed by atoms with van der Waals surface area (Å²) in [6, 6.07) is 5.50. The van der Waals surface area contributed by atoms with Crippen LogP contribution in [0.4, 0.5) is 5.69 Å². The van der Waals surface area contributed by atoms with E-state index < -0.39 is 29.1 Å². The number of nitrogens with one attached hydrogen (secondary N) is 1. The van der Waals surface area contributed by atoms with Crippen LogP contribution in [-0.4, -0.2) is 52.4 Å². The number of carboxylic acid groups (broad SMARTS) is 1. The van der Waals surface area contributed by atoms with Gasteiger partial charge in [-0.1, -0.05) is 0 Å². The van der Waals surface area contributed by atoms with E-state index >= 15 is 0 Å². The summed E-state index contributed by atoms with van der Waals surface area (Å²) in [4.78, 5) is 48.1. The number of carbonyl (C=O) groups excluding carboxylic acids is 3. The molecule has 1 aliphatic heterocycles. The maximum atomic E-state index is 12.5. The Labute approximate surface area is 154 Å². The van der Waals surface area contributed by atoms with E-state index in [1.807, 2.05) is 6.92 Å². The number of benzene rings is 1. The Balaban J connectivity index is 2.03. The van der Waals surface area contributed by atoms with Crippen molar-refractivity contribution < 1.29 is 29.0 Å². The van der Waals surface area contributed by atoms with Gasteiger partial charge in [0.1, 0.15) is 11.8 Å². The molecule has 1 aromatic rings. The minimum absolute atomic E-state index is 0.00425. The van der Waals surface area contributed by atoms with Gasteiger partial charge in [-0.3, -0.25) is 14.4 Å². The van der Waals surface area contributed by atoms with Crippen LogP contribution in [0.2, 0.25) is 0 Å². The molecule has 2 atom stereocenters. The standard InChI is InChI=1S/C17H20N2O6S/c1-3-25-12-6-4-11(5-7-12)19-15(21)8-14(16(19)22)26-9-13(17(23)24)18-10(2)20/h4-7,13-14H,3,8-9H2,1-2H3,(H,18,20)(H,23,24)/t13-,14-/m0/s1. The molecule has 1 aromatic carbocycles. The summed E-state index contributed by atoms with van der Waals surface area (Å²) < 4.78 is 5.33. The number of imide groups is 1. The van der Waals surface area contributed by atoms with Crippen molar-refractivity contribution >= 4 is 41.1 Å². The third kappa shape index (κ3) is 4.75. The summed E-state index contributed by atoms with van der Waals surface area (Å²) >= 11 is 1.05. The van der Waals surface area contributed by atoms with Crippen LogP contribution in [0.15, 0.2) is 24.3 Å². The largest absolute Gasteiger partial charge is 0.494 e. The van der Waals surface area contributed by atoms with Gasteiger partial charge < -0.3 is 15.2 Å². The summed E-state index contributed by atoms with van der Waals surface area (Å²) in [6.07, 6.45) is -0.0108. The van der Waals surface area contributed by atoms with Gasteiger partial charge in [-0.15, -0.1) is 11.8 Å². The van der Waals surface area contributed by atoms with Crippen LogP contribution in [0.3, 0.4) is 0 Å². The van der Waals surface area contributed by atoms with E-state index in [1.54, 1.807) is 24.3 Å². The SMILES string of the molecule is CCOc1ccc(N2C(=O)C[C@H](SC[C@H](NC(C)=O)C(=O)O)C2=O)cc1. The molecular formula is C17H20N2O6S. The van der Waals surface area contributed by atoms with Gasteiger partial charge in [0.25, 0.3) is 0 Å². The van der Waals surface area contributed by atoms with E-state index in [0.29, 0.717) is 18.0 Å². The molecule has 0 bridgehead atoms. The molecule has 1 aliphatic rings. The zero-order valence-corrected chi connectivity index (χ0v) is 15.2. The van der Waals surface area contributed by atoms with E-state index in [9.17, 15) is 19.2 Å². The maximum absolute atomic E-state index is 12.5. The first-order valence-electron chi connectivity index (χ1n) is 8.04. The number of aliphatic carboxylic acids is 1. The molecule has 0 saturated carbocycles. The van der Waals surface area contributed by atoms with Gasteiger partial charge in [0, 0.05) is 19.1 Å². The highest BCUT2D eigenvalue weighted by atomic mass is 32.2. The van der Waals surface area contributed by atoms with E-state index in [0.717, 1.165) is 16.7 Å². The highest BCUT2D eigenvalue weighted by Gasteiger charge is 2.40. The van der Waals surface area contributed by atoms with Crippen LogP contribution >= 0.6 is 11.8 Å². The zero-order chi connectivity index (χ0) is 19.3. The molecular weight excluding hydrogens is 360 g/mol. The molecule has 2 N–H and O–H groups in total. The first kappa shape index (κ1) is 19.8. The highest BCUT2D eigenvalue weighted by Crippen LogP contribution is 2.31. The van der Waals surface area contributed by atoms with E-state index in [2.05, 4.69) is 5.32 Å². The Morgan fingerprint density at radius 3 is 2.54 bits per heavy atom. The molecule has 1 saturated heterocycles. The van der Waals surface area contributed by atoms with Crippen molar-refractivity contribution in [3.63, 3.8) is 0 Å². The second-order valence-electron chi connectivity index (χ2n) is 5.61. The molecule has 3 amide bonds. The van der Waals surface area contributed by atoms with E-state index in [4.69, 9.17) is 9.84 Å².